The van der Waals surface area contributed by atoms with Gasteiger partial charge in [0.25, 0.3) is 0 Å². The van der Waals surface area contributed by atoms with Crippen LogP contribution >= 0.6 is 0 Å². The Hall–Kier alpha value is -2.69. The predicted molar refractivity (Wildman–Crippen MR) is 123 cm³/mol. The van der Waals surface area contributed by atoms with E-state index in [1.807, 2.05) is 27.7 Å². The van der Waals surface area contributed by atoms with Crippen molar-refractivity contribution in [2.75, 3.05) is 6.54 Å². The molecule has 0 bridgehead atoms. The van der Waals surface area contributed by atoms with E-state index < -0.39 is 5.82 Å². The number of halogens is 1. The summed E-state index contributed by atoms with van der Waals surface area (Å²) in [6.07, 6.45) is 11.3. The number of aldehydes is 1. The summed E-state index contributed by atoms with van der Waals surface area (Å²) >= 11 is 0. The van der Waals surface area contributed by atoms with Crippen molar-refractivity contribution in [2.24, 2.45) is 4.99 Å². The summed E-state index contributed by atoms with van der Waals surface area (Å²) in [5.74, 6) is -0.0328. The maximum absolute atomic E-state index is 14.5. The van der Waals surface area contributed by atoms with Gasteiger partial charge < -0.3 is 10.0 Å². The molecule has 0 aromatic heterocycles. The molecule has 0 saturated heterocycles. The minimum Gasteiger partial charge on any atom is -0.508 e. The van der Waals surface area contributed by atoms with Crippen LogP contribution in [0, 0.1) is 5.82 Å². The van der Waals surface area contributed by atoms with E-state index in [4.69, 9.17) is 0 Å². The zero-order valence-corrected chi connectivity index (χ0v) is 18.7. The number of nitrogens with zero attached hydrogens (tertiary/aromatic N) is 2. The molecule has 0 unspecified atom stereocenters. The van der Waals surface area contributed by atoms with Gasteiger partial charge in [0.1, 0.15) is 23.7 Å². The van der Waals surface area contributed by atoms with Crippen molar-refractivity contribution in [1.29, 1.82) is 0 Å². The number of hydrogen-bond donors (Lipinski definition) is 1. The molecule has 2 aliphatic rings. The molecule has 0 atom stereocenters. The predicted octanol–water partition coefficient (Wildman–Crippen LogP) is 6.17. The quantitative estimate of drug-likeness (QED) is 0.356. The molecule has 1 N–H and O–H groups in total. The lowest BCUT2D eigenvalue weighted by Gasteiger charge is -2.33. The van der Waals surface area contributed by atoms with Gasteiger partial charge in [-0.1, -0.05) is 65.7 Å². The zero-order chi connectivity index (χ0) is 22.5. The fourth-order valence-corrected chi connectivity index (χ4v) is 3.61. The van der Waals surface area contributed by atoms with Gasteiger partial charge in [0.05, 0.1) is 17.8 Å². The summed E-state index contributed by atoms with van der Waals surface area (Å²) in [5.41, 5.74) is 1.57. The van der Waals surface area contributed by atoms with Crippen molar-refractivity contribution >= 4 is 12.1 Å². The molecule has 1 aromatic carbocycles. The second-order valence-electron chi connectivity index (χ2n) is 6.68. The molecule has 4 nitrogen and oxygen atoms in total. The van der Waals surface area contributed by atoms with Crippen LogP contribution in [0.25, 0.3) is 0 Å². The van der Waals surface area contributed by atoms with Crippen molar-refractivity contribution in [1.82, 2.24) is 4.90 Å². The van der Waals surface area contributed by atoms with Gasteiger partial charge in [-0.25, -0.2) is 9.38 Å². The summed E-state index contributed by atoms with van der Waals surface area (Å²) in [6, 6.07) is 4.44. The van der Waals surface area contributed by atoms with E-state index >= 15 is 0 Å². The number of benzene rings is 1. The molecular formula is C25H35FN2O2. The number of rotatable bonds is 5. The molecule has 1 saturated carbocycles. The van der Waals surface area contributed by atoms with E-state index in [0.29, 0.717) is 29.6 Å². The molecule has 0 amide bonds. The van der Waals surface area contributed by atoms with Gasteiger partial charge in [-0.15, -0.1) is 0 Å². The smallest absolute Gasteiger partial charge is 0.150 e. The number of allylic oxidation sites excluding steroid dienone is 4. The van der Waals surface area contributed by atoms with Crippen LogP contribution < -0.4 is 0 Å². The molecule has 30 heavy (non-hydrogen) atoms. The van der Waals surface area contributed by atoms with Crippen molar-refractivity contribution in [3.05, 3.63) is 65.7 Å². The van der Waals surface area contributed by atoms with Crippen LogP contribution in [-0.2, 0) is 4.79 Å². The van der Waals surface area contributed by atoms with Gasteiger partial charge in [0, 0.05) is 17.7 Å². The lowest BCUT2D eigenvalue weighted by atomic mass is 9.93. The van der Waals surface area contributed by atoms with Crippen LogP contribution in [0.2, 0.25) is 0 Å². The first-order chi connectivity index (χ1) is 14.6. The highest BCUT2D eigenvalue weighted by atomic mass is 19.1. The fourth-order valence-electron chi connectivity index (χ4n) is 3.61. The lowest BCUT2D eigenvalue weighted by molar-refractivity contribution is -0.104. The molecule has 3 rings (SSSR count). The molecule has 5 heteroatoms. The number of carbonyl (C=O) groups is 1. The van der Waals surface area contributed by atoms with Crippen LogP contribution in [0.1, 0.15) is 65.4 Å². The fraction of sp³-hybridized carbons (Fsp3) is 0.440. The zero-order valence-electron chi connectivity index (χ0n) is 18.7. The Morgan fingerprint density at radius 3 is 2.43 bits per heavy atom. The highest BCUT2D eigenvalue weighted by molar-refractivity contribution is 6.01. The van der Waals surface area contributed by atoms with Gasteiger partial charge >= 0.3 is 0 Å². The summed E-state index contributed by atoms with van der Waals surface area (Å²) in [6.45, 7) is 12.2. The van der Waals surface area contributed by atoms with Gasteiger partial charge in [0.15, 0.2) is 0 Å². The maximum Gasteiger partial charge on any atom is 0.150 e. The topological polar surface area (TPSA) is 52.9 Å². The molecule has 0 spiro atoms. The molecule has 0 radical (unpaired) electrons. The van der Waals surface area contributed by atoms with Crippen molar-refractivity contribution in [3.63, 3.8) is 0 Å². The van der Waals surface area contributed by atoms with E-state index in [1.165, 1.54) is 12.5 Å². The Morgan fingerprint density at radius 2 is 1.87 bits per heavy atom. The summed E-state index contributed by atoms with van der Waals surface area (Å²) in [7, 11) is 0. The summed E-state index contributed by atoms with van der Waals surface area (Å²) in [4.78, 5) is 18.0. The van der Waals surface area contributed by atoms with E-state index in [9.17, 15) is 14.3 Å². The summed E-state index contributed by atoms with van der Waals surface area (Å²) in [5, 5.41) is 9.50. The Kier molecular flexibility index (Phi) is 11.4. The summed E-state index contributed by atoms with van der Waals surface area (Å²) < 4.78 is 14.5. The Labute approximate surface area is 180 Å². The first-order valence-electron chi connectivity index (χ1n) is 10.9. The average Bonchev–Trinajstić information content (AvgIpc) is 3.20. The largest absolute Gasteiger partial charge is 0.508 e. The first kappa shape index (κ1) is 25.3. The second-order valence-corrected chi connectivity index (χ2v) is 6.68. The maximum atomic E-state index is 14.5. The van der Waals surface area contributed by atoms with Gasteiger partial charge in [0.2, 0.25) is 0 Å². The lowest BCUT2D eigenvalue weighted by Crippen LogP contribution is -2.40. The van der Waals surface area contributed by atoms with Gasteiger partial charge in [-0.3, -0.25) is 4.79 Å². The van der Waals surface area contributed by atoms with Gasteiger partial charge in [-0.05, 0) is 31.1 Å². The first-order valence-corrected chi connectivity index (χ1v) is 10.9. The Morgan fingerprint density at radius 1 is 1.20 bits per heavy atom. The van der Waals surface area contributed by atoms with E-state index in [1.54, 1.807) is 24.3 Å². The SMILES string of the molecule is C=C/C=C(C=O)\C=C1/CN(C2CCCCC2)C(c2ccc(O)cc2F)=N1.CC.CC. The normalized spacial score (nSPS) is 18.0. The van der Waals surface area contributed by atoms with Crippen LogP contribution in [0.5, 0.6) is 5.75 Å². The van der Waals surface area contributed by atoms with E-state index in [-0.39, 0.29) is 5.75 Å². The third-order valence-electron chi connectivity index (χ3n) is 4.84. The van der Waals surface area contributed by atoms with Crippen molar-refractivity contribution < 1.29 is 14.3 Å². The molecule has 1 fully saturated rings. The average molecular weight is 415 g/mol. The number of carbonyl (C=O) groups excluding carboxylic acids is 1. The van der Waals surface area contributed by atoms with Crippen molar-refractivity contribution in [2.45, 2.75) is 65.8 Å². The molecule has 1 aromatic rings. The Balaban J connectivity index is 0.00000106. The standard InChI is InChI=1S/C21H23FN2O2.2C2H6/c1-2-6-15(14-25)11-16-13-24(17-7-4-3-5-8-17)21(23-16)19-10-9-18(26)12-20(19)22;2*1-2/h2,6,9-12,14,17,26H,1,3-5,7-8,13H2;2*1-2H3/b15-6+,16-11+;;. The van der Waals surface area contributed by atoms with Crippen molar-refractivity contribution in [3.8, 4) is 5.75 Å². The van der Waals surface area contributed by atoms with Crippen LogP contribution in [-0.4, -0.2) is 34.7 Å². The monoisotopic (exact) mass is 414 g/mol. The second kappa shape index (κ2) is 13.5. The third kappa shape index (κ3) is 6.68. The molecule has 1 heterocycles. The minimum atomic E-state index is -0.497. The van der Waals surface area contributed by atoms with E-state index in [0.717, 1.165) is 43.7 Å². The van der Waals surface area contributed by atoms with Crippen LogP contribution in [0.3, 0.4) is 0 Å². The van der Waals surface area contributed by atoms with Crippen LogP contribution in [0.4, 0.5) is 4.39 Å². The molecule has 164 valence electrons. The number of phenolic OH excluding ortho intramolecular Hbond substituents is 1. The number of amidine groups is 1. The highest BCUT2D eigenvalue weighted by Gasteiger charge is 2.31. The number of phenols is 1. The molecule has 1 aliphatic heterocycles. The molecule has 1 aliphatic carbocycles. The number of aliphatic imine (C=N–C) groups is 1. The van der Waals surface area contributed by atoms with Gasteiger partial charge in [-0.2, -0.15) is 0 Å². The number of hydrogen-bond acceptors (Lipinski definition) is 4. The van der Waals surface area contributed by atoms with Crippen LogP contribution in [0.15, 0.2) is 59.3 Å². The van der Waals surface area contributed by atoms with E-state index in [2.05, 4.69) is 16.5 Å². The number of aromatic hydroxyl groups is 1. The minimum absolute atomic E-state index is 0.109. The Bertz CT molecular complexity index is 790. The molecular weight excluding hydrogens is 379 g/mol. The third-order valence-corrected chi connectivity index (χ3v) is 4.84. The highest BCUT2D eigenvalue weighted by Crippen LogP contribution is 2.30.